The Balaban J connectivity index is 1.25. The van der Waals surface area contributed by atoms with Gasteiger partial charge in [-0.05, 0) is 43.5 Å². The summed E-state index contributed by atoms with van der Waals surface area (Å²) in [6, 6.07) is 16.1. The molecule has 1 aromatic carbocycles. The van der Waals surface area contributed by atoms with E-state index >= 15 is 0 Å². The SMILES string of the molecule is Cc1ccc(-c2cc(C(=O)NCCN3CC[C@@H](c4ccccc4)C3)n[nH]2)o1. The van der Waals surface area contributed by atoms with E-state index in [1.165, 1.54) is 12.0 Å². The van der Waals surface area contributed by atoms with E-state index in [2.05, 4.69) is 50.7 Å². The third-order valence-corrected chi connectivity index (χ3v) is 5.07. The molecule has 4 rings (SSSR count). The summed E-state index contributed by atoms with van der Waals surface area (Å²) in [6.07, 6.45) is 1.17. The second kappa shape index (κ2) is 7.80. The Morgan fingerprint density at radius 2 is 2.15 bits per heavy atom. The molecule has 0 unspecified atom stereocenters. The maximum Gasteiger partial charge on any atom is 0.271 e. The lowest BCUT2D eigenvalue weighted by Gasteiger charge is -2.16. The maximum absolute atomic E-state index is 12.3. The van der Waals surface area contributed by atoms with Crippen molar-refractivity contribution < 1.29 is 9.21 Å². The summed E-state index contributed by atoms with van der Waals surface area (Å²) in [4.78, 5) is 14.7. The first-order valence-electron chi connectivity index (χ1n) is 9.37. The average Bonchev–Trinajstić information content (AvgIpc) is 3.43. The number of likely N-dealkylation sites (tertiary alicyclic amines) is 1. The maximum atomic E-state index is 12.3. The van der Waals surface area contributed by atoms with Gasteiger partial charge in [-0.3, -0.25) is 9.89 Å². The summed E-state index contributed by atoms with van der Waals surface area (Å²) >= 11 is 0. The first-order chi connectivity index (χ1) is 13.2. The lowest BCUT2D eigenvalue weighted by Crippen LogP contribution is -2.34. The summed E-state index contributed by atoms with van der Waals surface area (Å²) in [7, 11) is 0. The fraction of sp³-hybridized carbons (Fsp3) is 0.333. The van der Waals surface area contributed by atoms with Crippen molar-refractivity contribution in [3.63, 3.8) is 0 Å². The Morgan fingerprint density at radius 1 is 1.30 bits per heavy atom. The molecule has 0 spiro atoms. The summed E-state index contributed by atoms with van der Waals surface area (Å²) < 4.78 is 5.55. The fourth-order valence-electron chi connectivity index (χ4n) is 3.59. The van der Waals surface area contributed by atoms with Crippen molar-refractivity contribution in [2.45, 2.75) is 19.3 Å². The predicted octanol–water partition coefficient (Wildman–Crippen LogP) is 3.20. The van der Waals surface area contributed by atoms with Gasteiger partial charge in [0.2, 0.25) is 0 Å². The third-order valence-electron chi connectivity index (χ3n) is 5.07. The van der Waals surface area contributed by atoms with Crippen LogP contribution in [-0.4, -0.2) is 47.2 Å². The Hall–Kier alpha value is -2.86. The molecule has 6 heteroatoms. The molecule has 1 atom stereocenters. The van der Waals surface area contributed by atoms with Gasteiger partial charge in [0.15, 0.2) is 11.5 Å². The van der Waals surface area contributed by atoms with Crippen LogP contribution in [0.4, 0.5) is 0 Å². The molecular weight excluding hydrogens is 340 g/mol. The number of nitrogens with zero attached hydrogens (tertiary/aromatic N) is 2. The number of aromatic nitrogens is 2. The van der Waals surface area contributed by atoms with Gasteiger partial charge in [-0.2, -0.15) is 5.10 Å². The predicted molar refractivity (Wildman–Crippen MR) is 104 cm³/mol. The van der Waals surface area contributed by atoms with Crippen LogP contribution in [0.25, 0.3) is 11.5 Å². The van der Waals surface area contributed by atoms with Crippen molar-refractivity contribution in [3.05, 3.63) is 65.5 Å². The highest BCUT2D eigenvalue weighted by atomic mass is 16.3. The average molecular weight is 364 g/mol. The van der Waals surface area contributed by atoms with Crippen LogP contribution in [-0.2, 0) is 0 Å². The third kappa shape index (κ3) is 4.11. The van der Waals surface area contributed by atoms with Gasteiger partial charge in [0.1, 0.15) is 11.5 Å². The van der Waals surface area contributed by atoms with Gasteiger partial charge in [-0.15, -0.1) is 0 Å². The Bertz CT molecular complexity index is 900. The number of aromatic amines is 1. The van der Waals surface area contributed by atoms with E-state index in [1.54, 1.807) is 6.07 Å². The molecule has 0 radical (unpaired) electrons. The highest BCUT2D eigenvalue weighted by Crippen LogP contribution is 2.26. The normalized spacial score (nSPS) is 17.3. The van der Waals surface area contributed by atoms with E-state index in [0.717, 1.165) is 25.4 Å². The molecule has 0 bridgehead atoms. The first-order valence-corrected chi connectivity index (χ1v) is 9.37. The number of hydrogen-bond acceptors (Lipinski definition) is 4. The number of carbonyl (C=O) groups excluding carboxylic acids is 1. The zero-order valence-corrected chi connectivity index (χ0v) is 15.4. The van der Waals surface area contributed by atoms with Crippen LogP contribution in [0.2, 0.25) is 0 Å². The van der Waals surface area contributed by atoms with Crippen molar-refractivity contribution in [2.24, 2.45) is 0 Å². The summed E-state index contributed by atoms with van der Waals surface area (Å²) in [5.41, 5.74) is 2.49. The summed E-state index contributed by atoms with van der Waals surface area (Å²) in [6.45, 7) is 5.46. The lowest BCUT2D eigenvalue weighted by atomic mass is 9.99. The molecule has 0 aliphatic carbocycles. The number of rotatable bonds is 6. The molecule has 3 heterocycles. The van der Waals surface area contributed by atoms with Crippen LogP contribution < -0.4 is 5.32 Å². The molecular formula is C21H24N4O2. The number of furan rings is 1. The number of carbonyl (C=O) groups is 1. The molecule has 140 valence electrons. The van der Waals surface area contributed by atoms with Crippen molar-refractivity contribution in [3.8, 4) is 11.5 Å². The van der Waals surface area contributed by atoms with Gasteiger partial charge in [0.05, 0.1) is 0 Å². The van der Waals surface area contributed by atoms with E-state index in [0.29, 0.717) is 29.6 Å². The zero-order valence-electron chi connectivity index (χ0n) is 15.4. The minimum Gasteiger partial charge on any atom is -0.460 e. The van der Waals surface area contributed by atoms with Crippen molar-refractivity contribution >= 4 is 5.91 Å². The van der Waals surface area contributed by atoms with Crippen LogP contribution in [0.5, 0.6) is 0 Å². The second-order valence-electron chi connectivity index (χ2n) is 7.03. The number of hydrogen-bond donors (Lipinski definition) is 2. The molecule has 3 aromatic rings. The number of nitrogens with one attached hydrogen (secondary N) is 2. The van der Waals surface area contributed by atoms with Crippen molar-refractivity contribution in [2.75, 3.05) is 26.2 Å². The summed E-state index contributed by atoms with van der Waals surface area (Å²) in [5, 5.41) is 9.91. The highest BCUT2D eigenvalue weighted by molar-refractivity contribution is 5.93. The largest absolute Gasteiger partial charge is 0.460 e. The Labute approximate surface area is 158 Å². The summed E-state index contributed by atoms with van der Waals surface area (Å²) in [5.74, 6) is 1.93. The molecule has 1 aliphatic rings. The second-order valence-corrected chi connectivity index (χ2v) is 7.03. The van der Waals surface area contributed by atoms with Gasteiger partial charge in [0, 0.05) is 25.7 Å². The van der Waals surface area contributed by atoms with Gasteiger partial charge in [-0.25, -0.2) is 0 Å². The fourth-order valence-corrected chi connectivity index (χ4v) is 3.59. The molecule has 6 nitrogen and oxygen atoms in total. The topological polar surface area (TPSA) is 74.2 Å². The van der Waals surface area contributed by atoms with Crippen molar-refractivity contribution in [1.82, 2.24) is 20.4 Å². The molecule has 2 aromatic heterocycles. The van der Waals surface area contributed by atoms with Gasteiger partial charge in [-0.1, -0.05) is 30.3 Å². The Kier molecular flexibility index (Phi) is 5.07. The molecule has 2 N–H and O–H groups in total. The lowest BCUT2D eigenvalue weighted by molar-refractivity contribution is 0.0944. The van der Waals surface area contributed by atoms with Gasteiger partial charge >= 0.3 is 0 Å². The van der Waals surface area contributed by atoms with Crippen LogP contribution in [0.15, 0.2) is 52.9 Å². The molecule has 1 fully saturated rings. The zero-order chi connectivity index (χ0) is 18.6. The number of benzene rings is 1. The molecule has 27 heavy (non-hydrogen) atoms. The molecule has 1 saturated heterocycles. The minimum absolute atomic E-state index is 0.167. The molecule has 1 amide bonds. The van der Waals surface area contributed by atoms with E-state index in [4.69, 9.17) is 4.42 Å². The van der Waals surface area contributed by atoms with Crippen LogP contribution in [0.3, 0.4) is 0 Å². The van der Waals surface area contributed by atoms with Crippen LogP contribution in [0, 0.1) is 6.92 Å². The number of H-pyrrole nitrogens is 1. The van der Waals surface area contributed by atoms with Crippen LogP contribution in [0.1, 0.15) is 34.2 Å². The highest BCUT2D eigenvalue weighted by Gasteiger charge is 2.23. The minimum atomic E-state index is -0.167. The van der Waals surface area contributed by atoms with E-state index in [-0.39, 0.29) is 5.91 Å². The smallest absolute Gasteiger partial charge is 0.271 e. The monoisotopic (exact) mass is 364 g/mol. The standard InChI is InChI=1S/C21H24N4O2/c1-15-7-8-20(27-15)18-13-19(24-23-18)21(26)22-10-12-25-11-9-17(14-25)16-5-3-2-4-6-16/h2-8,13,17H,9-12,14H2,1H3,(H,22,26)(H,23,24)/t17-/m1/s1. The van der Waals surface area contributed by atoms with Crippen LogP contribution >= 0.6 is 0 Å². The number of aryl methyl sites for hydroxylation is 1. The van der Waals surface area contributed by atoms with E-state index in [1.807, 2.05) is 19.1 Å². The Morgan fingerprint density at radius 3 is 2.93 bits per heavy atom. The quantitative estimate of drug-likeness (QED) is 0.704. The van der Waals surface area contributed by atoms with E-state index in [9.17, 15) is 4.79 Å². The number of amides is 1. The molecule has 1 aliphatic heterocycles. The molecule has 0 saturated carbocycles. The van der Waals surface area contributed by atoms with Gasteiger partial charge in [0.25, 0.3) is 5.91 Å². The van der Waals surface area contributed by atoms with E-state index < -0.39 is 0 Å². The van der Waals surface area contributed by atoms with Crippen molar-refractivity contribution in [1.29, 1.82) is 0 Å². The van der Waals surface area contributed by atoms with Gasteiger partial charge < -0.3 is 14.6 Å². The first kappa shape index (κ1) is 17.5.